The van der Waals surface area contributed by atoms with Crippen LogP contribution in [0.1, 0.15) is 67.8 Å². The van der Waals surface area contributed by atoms with Crippen LogP contribution in [0.3, 0.4) is 0 Å². The van der Waals surface area contributed by atoms with Crippen LogP contribution < -0.4 is 15.4 Å². The number of nitrogens with one attached hydrogen (secondary N) is 3. The molecule has 204 valence electrons. The number of Topliss-reactive ketones (excluding diaryl/α,β-unsaturated/α-hetero) is 1. The highest BCUT2D eigenvalue weighted by molar-refractivity contribution is 6.06. The number of esters is 1. The number of alkyl carbamates (subject to hydrolysis) is 1. The molecule has 0 aliphatic rings. The van der Waals surface area contributed by atoms with Crippen molar-refractivity contribution in [1.29, 1.82) is 5.41 Å². The summed E-state index contributed by atoms with van der Waals surface area (Å²) < 4.78 is 15.3. The summed E-state index contributed by atoms with van der Waals surface area (Å²) in [4.78, 5) is 49.4. The van der Waals surface area contributed by atoms with Gasteiger partial charge in [-0.15, -0.1) is 0 Å². The van der Waals surface area contributed by atoms with Gasteiger partial charge >= 0.3 is 12.1 Å². The zero-order valence-electron chi connectivity index (χ0n) is 22.5. The van der Waals surface area contributed by atoms with Crippen LogP contribution in [-0.2, 0) is 14.3 Å². The van der Waals surface area contributed by atoms with Crippen LogP contribution in [0.15, 0.2) is 48.5 Å². The first kappa shape index (κ1) is 30.0. The highest BCUT2D eigenvalue weighted by Crippen LogP contribution is 2.17. The minimum atomic E-state index is -0.791. The Kier molecular flexibility index (Phi) is 10.6. The number of benzene rings is 2. The van der Waals surface area contributed by atoms with E-state index in [1.54, 1.807) is 52.0 Å². The molecule has 0 aromatic heterocycles. The van der Waals surface area contributed by atoms with Gasteiger partial charge in [0.05, 0.1) is 12.6 Å². The average molecular weight is 526 g/mol. The van der Waals surface area contributed by atoms with Crippen LogP contribution >= 0.6 is 0 Å². The highest BCUT2D eigenvalue weighted by Gasteiger charge is 2.26. The largest absolute Gasteiger partial charge is 0.482 e. The number of ketones is 1. The van der Waals surface area contributed by atoms with Gasteiger partial charge in [0.2, 0.25) is 0 Å². The topological polar surface area (TPSA) is 144 Å². The maximum absolute atomic E-state index is 13.2. The third-order valence-corrected chi connectivity index (χ3v) is 5.10. The summed E-state index contributed by atoms with van der Waals surface area (Å²) in [5.41, 5.74) is 0.357. The van der Waals surface area contributed by atoms with Crippen LogP contribution in [0.5, 0.6) is 5.75 Å². The van der Waals surface area contributed by atoms with E-state index in [0.717, 1.165) is 0 Å². The summed E-state index contributed by atoms with van der Waals surface area (Å²) in [5, 5.41) is 13.2. The van der Waals surface area contributed by atoms with Gasteiger partial charge in [0.15, 0.2) is 12.4 Å². The van der Waals surface area contributed by atoms with E-state index in [-0.39, 0.29) is 30.8 Å². The third kappa shape index (κ3) is 9.34. The van der Waals surface area contributed by atoms with Crippen molar-refractivity contribution in [2.75, 3.05) is 13.2 Å². The lowest BCUT2D eigenvalue weighted by Crippen LogP contribution is -2.44. The van der Waals surface area contributed by atoms with Crippen LogP contribution in [0.2, 0.25) is 0 Å². The molecule has 0 heterocycles. The van der Waals surface area contributed by atoms with Gasteiger partial charge in [-0.2, -0.15) is 0 Å². The molecule has 0 bridgehead atoms. The maximum atomic E-state index is 13.2. The van der Waals surface area contributed by atoms with Crippen LogP contribution in [0.4, 0.5) is 4.79 Å². The van der Waals surface area contributed by atoms with Gasteiger partial charge in [-0.25, -0.2) is 9.59 Å². The van der Waals surface area contributed by atoms with Crippen LogP contribution in [0, 0.1) is 11.3 Å². The quantitative estimate of drug-likeness (QED) is 0.183. The molecule has 0 unspecified atom stereocenters. The predicted molar refractivity (Wildman–Crippen MR) is 142 cm³/mol. The Morgan fingerprint density at radius 2 is 1.45 bits per heavy atom. The maximum Gasteiger partial charge on any atom is 0.413 e. The second kappa shape index (κ2) is 13.4. The van der Waals surface area contributed by atoms with Crippen molar-refractivity contribution < 1.29 is 33.4 Å². The highest BCUT2D eigenvalue weighted by atomic mass is 16.6. The Balaban J connectivity index is 2.03. The molecule has 0 aliphatic heterocycles. The summed E-state index contributed by atoms with van der Waals surface area (Å²) in [6, 6.07) is 11.6. The lowest BCUT2D eigenvalue weighted by molar-refractivity contribution is -0.145. The third-order valence-electron chi connectivity index (χ3n) is 5.10. The van der Waals surface area contributed by atoms with E-state index in [2.05, 4.69) is 10.6 Å². The Morgan fingerprint density at radius 3 is 1.97 bits per heavy atom. The fourth-order valence-corrected chi connectivity index (χ4v) is 3.27. The summed E-state index contributed by atoms with van der Waals surface area (Å²) in [7, 11) is 0. The Labute approximate surface area is 222 Å². The van der Waals surface area contributed by atoms with E-state index in [0.29, 0.717) is 22.4 Å². The SMILES string of the molecule is CCOC(=O)COc1ccc(C(=O)[C@@H](NC(=O)c2ccc(C(=N)NC(=O)OC(C)(C)C)cc2)C(C)C)cc1. The Hall–Kier alpha value is -4.21. The van der Waals surface area contributed by atoms with E-state index < -0.39 is 29.6 Å². The molecular formula is C28H35N3O7. The zero-order chi connectivity index (χ0) is 28.5. The first-order valence-electron chi connectivity index (χ1n) is 12.2. The minimum Gasteiger partial charge on any atom is -0.482 e. The van der Waals surface area contributed by atoms with E-state index >= 15 is 0 Å². The minimum absolute atomic E-state index is 0.170. The fourth-order valence-electron chi connectivity index (χ4n) is 3.27. The summed E-state index contributed by atoms with van der Waals surface area (Å²) in [6.07, 6.45) is -0.749. The molecule has 10 nitrogen and oxygen atoms in total. The van der Waals surface area contributed by atoms with Crippen molar-refractivity contribution in [1.82, 2.24) is 10.6 Å². The van der Waals surface area contributed by atoms with Gasteiger partial charge in [-0.05, 0) is 70.0 Å². The molecule has 0 fully saturated rings. The lowest BCUT2D eigenvalue weighted by atomic mass is 9.94. The van der Waals surface area contributed by atoms with E-state index in [1.165, 1.54) is 24.3 Å². The van der Waals surface area contributed by atoms with Crippen LogP contribution in [-0.4, -0.2) is 54.4 Å². The smallest absolute Gasteiger partial charge is 0.413 e. The van der Waals surface area contributed by atoms with E-state index in [1.807, 2.05) is 13.8 Å². The summed E-state index contributed by atoms with van der Waals surface area (Å²) >= 11 is 0. The number of hydrogen-bond donors (Lipinski definition) is 3. The van der Waals surface area contributed by atoms with Gasteiger partial charge < -0.3 is 19.5 Å². The predicted octanol–water partition coefficient (Wildman–Crippen LogP) is 4.12. The molecule has 1 atom stereocenters. The van der Waals surface area contributed by atoms with Crippen molar-refractivity contribution in [3.8, 4) is 5.75 Å². The second-order valence-electron chi connectivity index (χ2n) is 9.76. The number of amidine groups is 1. The van der Waals surface area contributed by atoms with Crippen LogP contribution in [0.25, 0.3) is 0 Å². The zero-order valence-corrected chi connectivity index (χ0v) is 22.5. The molecule has 0 saturated carbocycles. The molecule has 2 rings (SSSR count). The van der Waals surface area contributed by atoms with Crippen molar-refractivity contribution in [2.24, 2.45) is 5.92 Å². The number of rotatable bonds is 10. The first-order valence-corrected chi connectivity index (χ1v) is 12.2. The second-order valence-corrected chi connectivity index (χ2v) is 9.76. The number of carbonyl (C=O) groups is 4. The molecular weight excluding hydrogens is 490 g/mol. The van der Waals surface area contributed by atoms with E-state index in [9.17, 15) is 19.2 Å². The normalized spacial score (nSPS) is 11.8. The summed E-state index contributed by atoms with van der Waals surface area (Å²) in [5.74, 6) is -1.17. The molecule has 2 aromatic rings. The van der Waals surface area contributed by atoms with Crippen molar-refractivity contribution in [2.45, 2.75) is 53.2 Å². The number of ether oxygens (including phenoxy) is 3. The Bertz CT molecular complexity index is 1150. The van der Waals surface area contributed by atoms with Gasteiger partial charge in [-0.3, -0.25) is 20.3 Å². The average Bonchev–Trinajstić information content (AvgIpc) is 2.84. The Morgan fingerprint density at radius 1 is 0.895 bits per heavy atom. The lowest BCUT2D eigenvalue weighted by Gasteiger charge is -2.21. The number of hydrogen-bond acceptors (Lipinski definition) is 8. The van der Waals surface area contributed by atoms with Gasteiger partial charge in [0.1, 0.15) is 17.2 Å². The molecule has 10 heteroatoms. The monoisotopic (exact) mass is 525 g/mol. The van der Waals surface area contributed by atoms with E-state index in [4.69, 9.17) is 19.6 Å². The number of carbonyl (C=O) groups excluding carboxylic acids is 4. The summed E-state index contributed by atoms with van der Waals surface area (Å²) in [6.45, 7) is 10.5. The molecule has 2 aromatic carbocycles. The molecule has 0 radical (unpaired) electrons. The molecule has 38 heavy (non-hydrogen) atoms. The molecule has 2 amide bonds. The number of amides is 2. The van der Waals surface area contributed by atoms with Crippen molar-refractivity contribution >= 4 is 29.6 Å². The first-order chi connectivity index (χ1) is 17.8. The molecule has 3 N–H and O–H groups in total. The van der Waals surface area contributed by atoms with Gasteiger partial charge in [0.25, 0.3) is 5.91 Å². The molecule has 0 saturated heterocycles. The molecule has 0 aliphatic carbocycles. The standard InChI is InChI=1S/C28H35N3O7/c1-7-36-22(32)16-37-21-14-12-18(13-15-21)24(33)23(17(2)3)30-26(34)20-10-8-19(9-11-20)25(29)31-27(35)38-28(4,5)6/h8-15,17,23H,7,16H2,1-6H3,(H,30,34)(H2,29,31,35)/t23-/m0/s1. The van der Waals surface area contributed by atoms with Crippen molar-refractivity contribution in [3.63, 3.8) is 0 Å². The fraction of sp³-hybridized carbons (Fsp3) is 0.393. The van der Waals surface area contributed by atoms with Crippen molar-refractivity contribution in [3.05, 3.63) is 65.2 Å². The van der Waals surface area contributed by atoms with Gasteiger partial charge in [0, 0.05) is 16.7 Å². The molecule has 0 spiro atoms. The van der Waals surface area contributed by atoms with Gasteiger partial charge in [-0.1, -0.05) is 26.0 Å².